The number of aromatic nitrogens is 2. The number of esters is 1. The van der Waals surface area contributed by atoms with Gasteiger partial charge in [-0.2, -0.15) is 0 Å². The van der Waals surface area contributed by atoms with Gasteiger partial charge in [0, 0.05) is 19.2 Å². The minimum absolute atomic E-state index is 0.0840. The van der Waals surface area contributed by atoms with Gasteiger partial charge in [-0.05, 0) is 18.7 Å². The summed E-state index contributed by atoms with van der Waals surface area (Å²) < 4.78 is 4.71. The monoisotopic (exact) mass is 296 g/mol. The quantitative estimate of drug-likeness (QED) is 0.484. The van der Waals surface area contributed by atoms with Gasteiger partial charge in [0.25, 0.3) is 0 Å². The first-order chi connectivity index (χ1) is 9.60. The molecular formula is C12H16N4O3S. The van der Waals surface area contributed by atoms with Crippen molar-refractivity contribution in [2.75, 3.05) is 31.4 Å². The molecule has 7 nitrogen and oxygen atoms in total. The van der Waals surface area contributed by atoms with Crippen molar-refractivity contribution in [3.8, 4) is 0 Å². The fraction of sp³-hybridized carbons (Fsp3) is 0.500. The van der Waals surface area contributed by atoms with Crippen LogP contribution < -0.4 is 10.6 Å². The van der Waals surface area contributed by atoms with Crippen LogP contribution in [-0.2, 0) is 9.53 Å². The van der Waals surface area contributed by atoms with Crippen molar-refractivity contribution in [2.24, 2.45) is 11.7 Å². The molecule has 2 N–H and O–H groups in total. The summed E-state index contributed by atoms with van der Waals surface area (Å²) in [4.78, 5) is 33.7. The molecule has 0 bridgehead atoms. The third-order valence-corrected chi connectivity index (χ3v) is 3.69. The molecule has 0 saturated carbocycles. The van der Waals surface area contributed by atoms with E-state index in [9.17, 15) is 9.59 Å². The van der Waals surface area contributed by atoms with Gasteiger partial charge in [-0.1, -0.05) is 11.8 Å². The van der Waals surface area contributed by atoms with Crippen LogP contribution in [0, 0.1) is 5.92 Å². The highest BCUT2D eigenvalue weighted by Gasteiger charge is 2.33. The first-order valence-corrected chi connectivity index (χ1v) is 7.33. The van der Waals surface area contributed by atoms with Crippen molar-refractivity contribution in [3.63, 3.8) is 0 Å². The van der Waals surface area contributed by atoms with Crippen LogP contribution in [0.1, 0.15) is 16.8 Å². The Morgan fingerprint density at radius 2 is 2.40 bits per heavy atom. The molecule has 0 radical (unpaired) electrons. The largest absolute Gasteiger partial charge is 0.465 e. The van der Waals surface area contributed by atoms with Gasteiger partial charge in [0.1, 0.15) is 5.56 Å². The van der Waals surface area contributed by atoms with Crippen molar-refractivity contribution >= 4 is 29.5 Å². The molecule has 2 rings (SSSR count). The Hall–Kier alpha value is -1.67. The molecule has 8 heteroatoms. The zero-order valence-corrected chi connectivity index (χ0v) is 12.1. The Morgan fingerprint density at radius 3 is 2.95 bits per heavy atom. The maximum absolute atomic E-state index is 12.1. The van der Waals surface area contributed by atoms with E-state index in [0.717, 1.165) is 0 Å². The zero-order valence-electron chi connectivity index (χ0n) is 11.3. The normalized spacial score (nSPS) is 18.4. The van der Waals surface area contributed by atoms with Gasteiger partial charge in [0.15, 0.2) is 11.0 Å². The van der Waals surface area contributed by atoms with E-state index >= 15 is 0 Å². The zero-order chi connectivity index (χ0) is 14.7. The summed E-state index contributed by atoms with van der Waals surface area (Å²) in [6.45, 7) is 0.889. The summed E-state index contributed by atoms with van der Waals surface area (Å²) in [5, 5.41) is 0.497. The average Bonchev–Trinajstić information content (AvgIpc) is 2.86. The van der Waals surface area contributed by atoms with E-state index in [4.69, 9.17) is 10.5 Å². The summed E-state index contributed by atoms with van der Waals surface area (Å²) >= 11 is 1.34. The summed E-state index contributed by atoms with van der Waals surface area (Å²) in [7, 11) is 1.28. The van der Waals surface area contributed by atoms with E-state index < -0.39 is 5.97 Å². The molecule has 1 aliphatic heterocycles. The van der Waals surface area contributed by atoms with Crippen LogP contribution in [-0.4, -0.2) is 48.3 Å². The van der Waals surface area contributed by atoms with Gasteiger partial charge in [0.2, 0.25) is 5.91 Å². The van der Waals surface area contributed by atoms with E-state index in [0.29, 0.717) is 30.5 Å². The third kappa shape index (κ3) is 2.75. The van der Waals surface area contributed by atoms with Crippen molar-refractivity contribution in [1.82, 2.24) is 9.97 Å². The van der Waals surface area contributed by atoms with E-state index in [-0.39, 0.29) is 17.4 Å². The minimum Gasteiger partial charge on any atom is -0.465 e. The number of nitrogens with two attached hydrogens (primary N) is 1. The van der Waals surface area contributed by atoms with Crippen LogP contribution >= 0.6 is 11.8 Å². The van der Waals surface area contributed by atoms with Crippen LogP contribution in [0.3, 0.4) is 0 Å². The second-order valence-electron chi connectivity index (χ2n) is 4.40. The molecule has 20 heavy (non-hydrogen) atoms. The van der Waals surface area contributed by atoms with Crippen molar-refractivity contribution in [3.05, 3.63) is 11.8 Å². The Labute approximate surface area is 120 Å². The molecule has 0 aliphatic carbocycles. The number of rotatable bonds is 4. The number of amides is 1. The number of hydrogen-bond acceptors (Lipinski definition) is 7. The van der Waals surface area contributed by atoms with Gasteiger partial charge in [-0.15, -0.1) is 0 Å². The lowest BCUT2D eigenvalue weighted by Crippen LogP contribution is -2.29. The Balaban J connectivity index is 2.42. The molecule has 1 fully saturated rings. The van der Waals surface area contributed by atoms with Crippen LogP contribution in [0.2, 0.25) is 0 Å². The fourth-order valence-electron chi connectivity index (χ4n) is 2.06. The Bertz CT molecular complexity index is 537. The highest BCUT2D eigenvalue weighted by molar-refractivity contribution is 7.98. The van der Waals surface area contributed by atoms with Gasteiger partial charge in [-0.25, -0.2) is 14.8 Å². The smallest absolute Gasteiger partial charge is 0.343 e. The lowest BCUT2D eigenvalue weighted by atomic mass is 10.1. The van der Waals surface area contributed by atoms with E-state index in [1.165, 1.54) is 30.0 Å². The Kier molecular flexibility index (Phi) is 4.56. The summed E-state index contributed by atoms with van der Waals surface area (Å²) in [5.74, 6) is -0.258. The number of anilines is 1. The average molecular weight is 296 g/mol. The van der Waals surface area contributed by atoms with Gasteiger partial charge in [-0.3, -0.25) is 9.69 Å². The number of thioether (sulfide) groups is 1. The highest BCUT2D eigenvalue weighted by Crippen LogP contribution is 2.27. The van der Waals surface area contributed by atoms with Crippen LogP contribution in [0.25, 0.3) is 0 Å². The molecule has 1 atom stereocenters. The Morgan fingerprint density at radius 1 is 1.65 bits per heavy atom. The molecule has 108 valence electrons. The van der Waals surface area contributed by atoms with E-state index in [2.05, 4.69) is 9.97 Å². The molecule has 1 amide bonds. The first-order valence-electron chi connectivity index (χ1n) is 6.10. The van der Waals surface area contributed by atoms with E-state index in [1.54, 1.807) is 0 Å². The molecule has 1 saturated heterocycles. The van der Waals surface area contributed by atoms with Crippen molar-refractivity contribution in [2.45, 2.75) is 11.6 Å². The maximum Gasteiger partial charge on any atom is 0.343 e. The topological polar surface area (TPSA) is 98.4 Å². The van der Waals surface area contributed by atoms with Crippen molar-refractivity contribution in [1.29, 1.82) is 0 Å². The molecule has 1 unspecified atom stereocenters. The van der Waals surface area contributed by atoms with Gasteiger partial charge in [0.05, 0.1) is 7.11 Å². The van der Waals surface area contributed by atoms with Crippen LogP contribution in [0.5, 0.6) is 0 Å². The number of hydrogen-bond donors (Lipinski definition) is 1. The van der Waals surface area contributed by atoms with Crippen LogP contribution in [0.15, 0.2) is 11.4 Å². The molecule has 0 spiro atoms. The minimum atomic E-state index is -0.559. The molecule has 1 aliphatic rings. The highest BCUT2D eigenvalue weighted by atomic mass is 32.2. The molecule has 2 heterocycles. The second kappa shape index (κ2) is 6.19. The molecule has 1 aromatic heterocycles. The standard InChI is InChI=1S/C12H16N4O3S/c1-19-11(18)8-5-14-12(20-2)15-10(8)16-6-7(4-13)3-9(16)17/h5,7H,3-4,6,13H2,1-2H3. The lowest BCUT2D eigenvalue weighted by molar-refractivity contribution is -0.117. The van der Waals surface area contributed by atoms with E-state index in [1.807, 2.05) is 6.26 Å². The van der Waals surface area contributed by atoms with Crippen molar-refractivity contribution < 1.29 is 14.3 Å². The van der Waals surface area contributed by atoms with Gasteiger partial charge < -0.3 is 10.5 Å². The molecule has 1 aromatic rings. The predicted octanol–water partition coefficient (Wildman–Crippen LogP) is 0.297. The lowest BCUT2D eigenvalue weighted by Gasteiger charge is -2.18. The third-order valence-electron chi connectivity index (χ3n) is 3.13. The maximum atomic E-state index is 12.1. The first kappa shape index (κ1) is 14.7. The fourth-order valence-corrected chi connectivity index (χ4v) is 2.40. The molecule has 0 aromatic carbocycles. The number of ether oxygens (including phenoxy) is 1. The summed E-state index contributed by atoms with van der Waals surface area (Å²) in [6, 6.07) is 0. The second-order valence-corrected chi connectivity index (χ2v) is 5.17. The summed E-state index contributed by atoms with van der Waals surface area (Å²) in [6.07, 6.45) is 3.59. The number of carbonyl (C=O) groups is 2. The predicted molar refractivity (Wildman–Crippen MR) is 74.7 cm³/mol. The molecular weight excluding hydrogens is 280 g/mol. The number of nitrogens with zero attached hydrogens (tertiary/aromatic N) is 3. The number of methoxy groups -OCH3 is 1. The summed E-state index contributed by atoms with van der Waals surface area (Å²) in [5.41, 5.74) is 5.80. The SMILES string of the molecule is COC(=O)c1cnc(SC)nc1N1CC(CN)CC1=O. The van der Waals surface area contributed by atoms with Gasteiger partial charge >= 0.3 is 5.97 Å². The number of carbonyl (C=O) groups excluding carboxylic acids is 2. The van der Waals surface area contributed by atoms with Crippen LogP contribution in [0.4, 0.5) is 5.82 Å².